The maximum atomic E-state index is 12.9. The summed E-state index contributed by atoms with van der Waals surface area (Å²) in [6.07, 6.45) is 0. The van der Waals surface area contributed by atoms with Gasteiger partial charge in [-0.05, 0) is 51.5 Å². The first-order chi connectivity index (χ1) is 10.2. The van der Waals surface area contributed by atoms with Crippen molar-refractivity contribution in [1.82, 2.24) is 9.78 Å². The van der Waals surface area contributed by atoms with Gasteiger partial charge in [-0.3, -0.25) is 8.99 Å². The Kier molecular flexibility index (Phi) is 4.19. The Hall–Kier alpha value is -2.02. The quantitative estimate of drug-likeness (QED) is 0.937. The van der Waals surface area contributed by atoms with Crippen LogP contribution in [-0.2, 0) is 16.6 Å². The van der Waals surface area contributed by atoms with Crippen molar-refractivity contribution in [3.63, 3.8) is 0 Å². The van der Waals surface area contributed by atoms with E-state index >= 15 is 0 Å². The highest BCUT2D eigenvalue weighted by atomic mass is 32.2. The van der Waals surface area contributed by atoms with E-state index in [1.165, 1.54) is 17.4 Å². The van der Waals surface area contributed by atoms with Gasteiger partial charge >= 0.3 is 0 Å². The minimum atomic E-state index is -3.70. The molecule has 0 aliphatic heterocycles. The number of phenolic OH excluding ortho intramolecular Hbond substituents is 1. The van der Waals surface area contributed by atoms with Crippen molar-refractivity contribution in [1.29, 1.82) is 0 Å². The molecule has 1 N–H and O–H groups in total. The van der Waals surface area contributed by atoms with Gasteiger partial charge in [0.15, 0.2) is 0 Å². The van der Waals surface area contributed by atoms with Crippen LogP contribution in [0.25, 0.3) is 0 Å². The third-order valence-corrected chi connectivity index (χ3v) is 5.82. The molecule has 6 nitrogen and oxygen atoms in total. The van der Waals surface area contributed by atoms with Crippen LogP contribution in [0.5, 0.6) is 5.75 Å². The molecule has 0 aliphatic carbocycles. The second kappa shape index (κ2) is 5.64. The van der Waals surface area contributed by atoms with Crippen LogP contribution in [-0.4, -0.2) is 30.4 Å². The lowest BCUT2D eigenvalue weighted by molar-refractivity contribution is 0.471. The van der Waals surface area contributed by atoms with Gasteiger partial charge in [0.1, 0.15) is 10.6 Å². The highest BCUT2D eigenvalue weighted by Gasteiger charge is 2.29. The zero-order chi connectivity index (χ0) is 16.7. The van der Waals surface area contributed by atoms with Gasteiger partial charge in [-0.15, -0.1) is 0 Å². The summed E-state index contributed by atoms with van der Waals surface area (Å²) in [6, 6.07) is 4.71. The molecule has 0 saturated heterocycles. The third-order valence-electron chi connectivity index (χ3n) is 3.78. The molecule has 1 aromatic heterocycles. The Morgan fingerprint density at radius 2 is 1.91 bits per heavy atom. The van der Waals surface area contributed by atoms with E-state index in [1.807, 2.05) is 6.92 Å². The molecule has 0 unspecified atom stereocenters. The largest absolute Gasteiger partial charge is 0.508 e. The Morgan fingerprint density at radius 1 is 1.27 bits per heavy atom. The number of aromatic hydroxyl groups is 1. The third kappa shape index (κ3) is 2.56. The SMILES string of the molecule is CCn1nc(C)c(S(=O)(=O)N(C)c2ccc(O)c(C)c2)c1C. The molecular weight excluding hydrogens is 302 g/mol. The predicted octanol–water partition coefficient (Wildman–Crippen LogP) is 2.36. The van der Waals surface area contributed by atoms with E-state index in [1.54, 1.807) is 37.6 Å². The van der Waals surface area contributed by atoms with Gasteiger partial charge in [0.25, 0.3) is 10.0 Å². The van der Waals surface area contributed by atoms with E-state index in [0.29, 0.717) is 29.2 Å². The van der Waals surface area contributed by atoms with E-state index in [-0.39, 0.29) is 10.6 Å². The van der Waals surface area contributed by atoms with Crippen molar-refractivity contribution in [3.05, 3.63) is 35.2 Å². The van der Waals surface area contributed by atoms with E-state index in [2.05, 4.69) is 5.10 Å². The van der Waals surface area contributed by atoms with Crippen molar-refractivity contribution in [3.8, 4) is 5.75 Å². The van der Waals surface area contributed by atoms with E-state index in [9.17, 15) is 13.5 Å². The zero-order valence-electron chi connectivity index (χ0n) is 13.5. The lowest BCUT2D eigenvalue weighted by atomic mass is 10.2. The molecule has 0 bridgehead atoms. The van der Waals surface area contributed by atoms with Crippen molar-refractivity contribution in [2.24, 2.45) is 0 Å². The molecule has 2 rings (SSSR count). The number of aromatic nitrogens is 2. The number of nitrogens with zero attached hydrogens (tertiary/aromatic N) is 3. The van der Waals surface area contributed by atoms with Crippen LogP contribution < -0.4 is 4.31 Å². The molecule has 0 radical (unpaired) electrons. The van der Waals surface area contributed by atoms with Crippen molar-refractivity contribution < 1.29 is 13.5 Å². The van der Waals surface area contributed by atoms with Gasteiger partial charge in [-0.25, -0.2) is 8.42 Å². The molecule has 0 amide bonds. The summed E-state index contributed by atoms with van der Waals surface area (Å²) in [5.74, 6) is 0.140. The summed E-state index contributed by atoms with van der Waals surface area (Å²) in [4.78, 5) is 0.238. The van der Waals surface area contributed by atoms with Gasteiger partial charge in [0.05, 0.1) is 17.1 Å². The first kappa shape index (κ1) is 16.4. The maximum absolute atomic E-state index is 12.9. The zero-order valence-corrected chi connectivity index (χ0v) is 14.3. The van der Waals surface area contributed by atoms with E-state index in [4.69, 9.17) is 0 Å². The fourth-order valence-corrected chi connectivity index (χ4v) is 4.03. The predicted molar refractivity (Wildman–Crippen MR) is 85.8 cm³/mol. The lowest BCUT2D eigenvalue weighted by Gasteiger charge is -2.20. The molecule has 22 heavy (non-hydrogen) atoms. The van der Waals surface area contributed by atoms with Gasteiger partial charge in [0.2, 0.25) is 0 Å². The highest BCUT2D eigenvalue weighted by Crippen LogP contribution is 2.29. The smallest absolute Gasteiger partial charge is 0.267 e. The number of hydrogen-bond acceptors (Lipinski definition) is 4. The molecule has 0 spiro atoms. The fraction of sp³-hybridized carbons (Fsp3) is 0.400. The number of aryl methyl sites for hydroxylation is 3. The minimum absolute atomic E-state index is 0.140. The monoisotopic (exact) mass is 323 g/mol. The average Bonchev–Trinajstić information content (AvgIpc) is 2.75. The Bertz CT molecular complexity index is 810. The molecule has 120 valence electrons. The van der Waals surface area contributed by atoms with E-state index < -0.39 is 10.0 Å². The van der Waals surface area contributed by atoms with Gasteiger partial charge in [-0.2, -0.15) is 5.10 Å². The van der Waals surface area contributed by atoms with Gasteiger partial charge in [-0.1, -0.05) is 0 Å². The molecule has 1 heterocycles. The van der Waals surface area contributed by atoms with E-state index in [0.717, 1.165) is 0 Å². The Morgan fingerprint density at radius 3 is 2.41 bits per heavy atom. The summed E-state index contributed by atoms with van der Waals surface area (Å²) in [6.45, 7) is 7.71. The van der Waals surface area contributed by atoms with Crippen LogP contribution in [0.3, 0.4) is 0 Å². The first-order valence-corrected chi connectivity index (χ1v) is 8.46. The van der Waals surface area contributed by atoms with Gasteiger partial charge < -0.3 is 5.11 Å². The van der Waals surface area contributed by atoms with Crippen molar-refractivity contribution >= 4 is 15.7 Å². The number of benzene rings is 1. The topological polar surface area (TPSA) is 75.4 Å². The van der Waals surface area contributed by atoms with Crippen LogP contribution in [0, 0.1) is 20.8 Å². The summed E-state index contributed by atoms with van der Waals surface area (Å²) in [5, 5.41) is 13.9. The molecule has 1 aromatic carbocycles. The van der Waals surface area contributed by atoms with Crippen molar-refractivity contribution in [2.75, 3.05) is 11.4 Å². The van der Waals surface area contributed by atoms with Crippen LogP contribution in [0.2, 0.25) is 0 Å². The van der Waals surface area contributed by atoms with Gasteiger partial charge in [0, 0.05) is 13.6 Å². The summed E-state index contributed by atoms with van der Waals surface area (Å²) >= 11 is 0. The molecule has 0 saturated carbocycles. The van der Waals surface area contributed by atoms with Crippen molar-refractivity contribution in [2.45, 2.75) is 39.1 Å². The minimum Gasteiger partial charge on any atom is -0.508 e. The lowest BCUT2D eigenvalue weighted by Crippen LogP contribution is -2.27. The van der Waals surface area contributed by atoms with Crippen LogP contribution >= 0.6 is 0 Å². The number of sulfonamides is 1. The van der Waals surface area contributed by atoms with Crippen LogP contribution in [0.4, 0.5) is 5.69 Å². The molecule has 7 heteroatoms. The molecule has 0 aliphatic rings. The molecule has 0 atom stereocenters. The highest BCUT2D eigenvalue weighted by molar-refractivity contribution is 7.92. The normalized spacial score (nSPS) is 11.7. The fourth-order valence-electron chi connectivity index (χ4n) is 2.47. The second-order valence-electron chi connectivity index (χ2n) is 5.26. The Balaban J connectivity index is 2.54. The Labute approximate surface area is 131 Å². The summed E-state index contributed by atoms with van der Waals surface area (Å²) < 4.78 is 28.7. The van der Waals surface area contributed by atoms with Crippen LogP contribution in [0.15, 0.2) is 23.1 Å². The number of hydrogen-bond donors (Lipinski definition) is 1. The first-order valence-electron chi connectivity index (χ1n) is 7.02. The summed E-state index contributed by atoms with van der Waals surface area (Å²) in [5.41, 5.74) is 2.24. The standard InChI is InChI=1S/C15H21N3O3S/c1-6-18-12(4)15(11(3)16-18)22(20,21)17(5)13-7-8-14(19)10(2)9-13/h7-9,19H,6H2,1-5H3. The summed E-state index contributed by atoms with van der Waals surface area (Å²) in [7, 11) is -2.20. The van der Waals surface area contributed by atoms with Crippen LogP contribution in [0.1, 0.15) is 23.9 Å². The number of anilines is 1. The number of phenols is 1. The number of rotatable bonds is 4. The second-order valence-corrected chi connectivity index (χ2v) is 7.17. The molecule has 0 fully saturated rings. The molecular formula is C15H21N3O3S. The maximum Gasteiger partial charge on any atom is 0.267 e. The average molecular weight is 323 g/mol. The molecule has 2 aromatic rings.